The van der Waals surface area contributed by atoms with Crippen LogP contribution in [0, 0.1) is 5.82 Å². The minimum absolute atomic E-state index is 0.0425. The first-order chi connectivity index (χ1) is 14.8. The molecule has 0 spiro atoms. The molecule has 31 heavy (non-hydrogen) atoms. The SMILES string of the molecule is COc1ccc(CCC(=O)Nc2ccc(S(=O)(=O)N(C)C3CCCCC3)cc2)cc1F. The van der Waals surface area contributed by atoms with Gasteiger partial charge < -0.3 is 10.1 Å². The van der Waals surface area contributed by atoms with Crippen molar-refractivity contribution >= 4 is 21.6 Å². The predicted octanol–water partition coefficient (Wildman–Crippen LogP) is 4.36. The molecule has 0 saturated heterocycles. The van der Waals surface area contributed by atoms with Crippen LogP contribution in [0.15, 0.2) is 47.4 Å². The molecule has 0 bridgehead atoms. The first kappa shape index (κ1) is 23.2. The van der Waals surface area contributed by atoms with E-state index in [2.05, 4.69) is 5.32 Å². The Morgan fingerprint density at radius 1 is 1.13 bits per heavy atom. The maximum atomic E-state index is 13.8. The molecule has 1 saturated carbocycles. The number of ether oxygens (including phenoxy) is 1. The number of nitrogens with one attached hydrogen (secondary N) is 1. The van der Waals surface area contributed by atoms with Gasteiger partial charge in [0.2, 0.25) is 15.9 Å². The van der Waals surface area contributed by atoms with Gasteiger partial charge in [0.05, 0.1) is 12.0 Å². The van der Waals surface area contributed by atoms with Gasteiger partial charge >= 0.3 is 0 Å². The molecule has 1 aliphatic carbocycles. The van der Waals surface area contributed by atoms with E-state index in [1.165, 1.54) is 35.7 Å². The zero-order valence-corrected chi connectivity index (χ0v) is 18.8. The van der Waals surface area contributed by atoms with E-state index in [9.17, 15) is 17.6 Å². The number of aryl methyl sites for hydroxylation is 1. The van der Waals surface area contributed by atoms with Crippen molar-refractivity contribution in [2.45, 2.75) is 55.9 Å². The molecule has 1 N–H and O–H groups in total. The van der Waals surface area contributed by atoms with Gasteiger partial charge in [-0.25, -0.2) is 12.8 Å². The summed E-state index contributed by atoms with van der Waals surface area (Å²) in [6.45, 7) is 0. The fraction of sp³-hybridized carbons (Fsp3) is 0.435. The van der Waals surface area contributed by atoms with Crippen LogP contribution in [0.1, 0.15) is 44.1 Å². The maximum Gasteiger partial charge on any atom is 0.243 e. The number of rotatable bonds is 8. The smallest absolute Gasteiger partial charge is 0.243 e. The summed E-state index contributed by atoms with van der Waals surface area (Å²) >= 11 is 0. The second-order valence-electron chi connectivity index (χ2n) is 7.85. The molecule has 0 atom stereocenters. The van der Waals surface area contributed by atoms with Crippen molar-refractivity contribution in [3.63, 3.8) is 0 Å². The molecule has 2 aromatic carbocycles. The molecule has 0 aromatic heterocycles. The second-order valence-corrected chi connectivity index (χ2v) is 9.85. The number of anilines is 1. The van der Waals surface area contributed by atoms with Crippen molar-refractivity contribution in [1.82, 2.24) is 4.31 Å². The van der Waals surface area contributed by atoms with E-state index in [0.29, 0.717) is 17.7 Å². The average molecular weight is 449 g/mol. The number of methoxy groups -OCH3 is 1. The second kappa shape index (κ2) is 10.2. The Hall–Kier alpha value is -2.45. The van der Waals surface area contributed by atoms with Crippen LogP contribution in [0.5, 0.6) is 5.75 Å². The van der Waals surface area contributed by atoms with Crippen molar-refractivity contribution < 1.29 is 22.3 Å². The highest BCUT2D eigenvalue weighted by molar-refractivity contribution is 7.89. The summed E-state index contributed by atoms with van der Waals surface area (Å²) in [4.78, 5) is 12.4. The Labute approximate surface area is 183 Å². The largest absolute Gasteiger partial charge is 0.494 e. The maximum absolute atomic E-state index is 13.8. The third kappa shape index (κ3) is 5.83. The monoisotopic (exact) mass is 448 g/mol. The van der Waals surface area contributed by atoms with E-state index in [1.54, 1.807) is 25.2 Å². The minimum atomic E-state index is -3.57. The zero-order chi connectivity index (χ0) is 22.4. The summed E-state index contributed by atoms with van der Waals surface area (Å²) in [5.41, 5.74) is 1.21. The van der Waals surface area contributed by atoms with Gasteiger partial charge in [-0.2, -0.15) is 4.31 Å². The number of hydrogen-bond acceptors (Lipinski definition) is 4. The number of amides is 1. The lowest BCUT2D eigenvalue weighted by Crippen LogP contribution is -2.38. The summed E-state index contributed by atoms with van der Waals surface area (Å²) in [5.74, 6) is -0.529. The number of carbonyl (C=O) groups excluding carboxylic acids is 1. The van der Waals surface area contributed by atoms with Crippen LogP contribution >= 0.6 is 0 Å². The molecule has 1 fully saturated rings. The summed E-state index contributed by atoms with van der Waals surface area (Å²) in [7, 11) is -0.524. The number of hydrogen-bond donors (Lipinski definition) is 1. The highest BCUT2D eigenvalue weighted by Crippen LogP contribution is 2.27. The molecule has 168 valence electrons. The van der Waals surface area contributed by atoms with Crippen molar-refractivity contribution in [2.75, 3.05) is 19.5 Å². The normalized spacial score (nSPS) is 15.1. The van der Waals surface area contributed by atoms with E-state index in [-0.39, 0.29) is 29.0 Å². The summed E-state index contributed by atoms with van der Waals surface area (Å²) in [6, 6.07) is 10.9. The topological polar surface area (TPSA) is 75.7 Å². The molecule has 0 heterocycles. The fourth-order valence-electron chi connectivity index (χ4n) is 3.86. The van der Waals surface area contributed by atoms with Gasteiger partial charge in [0.1, 0.15) is 0 Å². The van der Waals surface area contributed by atoms with E-state index in [0.717, 1.165) is 32.1 Å². The van der Waals surface area contributed by atoms with E-state index < -0.39 is 15.8 Å². The van der Waals surface area contributed by atoms with Gasteiger partial charge in [0, 0.05) is 25.2 Å². The Balaban J connectivity index is 1.57. The molecule has 8 heteroatoms. The van der Waals surface area contributed by atoms with Crippen LogP contribution in [0.3, 0.4) is 0 Å². The Kier molecular flexibility index (Phi) is 7.67. The van der Waals surface area contributed by atoms with Crippen molar-refractivity contribution in [3.05, 3.63) is 53.8 Å². The van der Waals surface area contributed by atoms with Crippen LogP contribution in [0.4, 0.5) is 10.1 Å². The molecule has 0 unspecified atom stereocenters. The predicted molar refractivity (Wildman–Crippen MR) is 118 cm³/mol. The standard InChI is InChI=1S/C23H29FN2O4S/c1-26(19-6-4-3-5-7-19)31(28,29)20-12-10-18(11-13-20)25-23(27)15-9-17-8-14-22(30-2)21(24)16-17/h8,10-14,16,19H,3-7,9,15H2,1-2H3,(H,25,27). The number of sulfonamides is 1. The van der Waals surface area contributed by atoms with Crippen LogP contribution in [-0.2, 0) is 21.2 Å². The quantitative estimate of drug-likeness (QED) is 0.651. The molecule has 0 aliphatic heterocycles. The van der Waals surface area contributed by atoms with Crippen molar-refractivity contribution in [3.8, 4) is 5.75 Å². The Bertz CT molecular complexity index is 1000. The Morgan fingerprint density at radius 2 is 1.81 bits per heavy atom. The molecular weight excluding hydrogens is 419 g/mol. The fourth-order valence-corrected chi connectivity index (χ4v) is 5.28. The average Bonchev–Trinajstić information content (AvgIpc) is 2.78. The third-order valence-corrected chi connectivity index (χ3v) is 7.69. The molecule has 6 nitrogen and oxygen atoms in total. The third-order valence-electron chi connectivity index (χ3n) is 5.76. The van der Waals surface area contributed by atoms with Gasteiger partial charge in [-0.3, -0.25) is 4.79 Å². The van der Waals surface area contributed by atoms with Crippen LogP contribution < -0.4 is 10.1 Å². The highest BCUT2D eigenvalue weighted by atomic mass is 32.2. The lowest BCUT2D eigenvalue weighted by atomic mass is 9.96. The van der Waals surface area contributed by atoms with Crippen LogP contribution in [-0.4, -0.2) is 38.8 Å². The van der Waals surface area contributed by atoms with Crippen LogP contribution in [0.25, 0.3) is 0 Å². The van der Waals surface area contributed by atoms with E-state index >= 15 is 0 Å². The number of nitrogens with zero attached hydrogens (tertiary/aromatic N) is 1. The summed E-state index contributed by atoms with van der Waals surface area (Å²) < 4.78 is 45.9. The molecule has 1 aliphatic rings. The van der Waals surface area contributed by atoms with E-state index in [1.807, 2.05) is 0 Å². The first-order valence-electron chi connectivity index (χ1n) is 10.5. The van der Waals surface area contributed by atoms with Crippen molar-refractivity contribution in [2.24, 2.45) is 0 Å². The summed E-state index contributed by atoms with van der Waals surface area (Å²) in [5, 5.41) is 2.75. The number of benzene rings is 2. The first-order valence-corrected chi connectivity index (χ1v) is 12.0. The number of halogens is 1. The molecule has 2 aromatic rings. The van der Waals surface area contributed by atoms with Crippen LogP contribution in [0.2, 0.25) is 0 Å². The van der Waals surface area contributed by atoms with Gasteiger partial charge in [0.25, 0.3) is 0 Å². The Morgan fingerprint density at radius 3 is 2.42 bits per heavy atom. The molecular formula is C23H29FN2O4S. The van der Waals surface area contributed by atoms with Gasteiger partial charge in [-0.15, -0.1) is 0 Å². The summed E-state index contributed by atoms with van der Waals surface area (Å²) in [6.07, 6.45) is 5.61. The molecule has 0 radical (unpaired) electrons. The minimum Gasteiger partial charge on any atom is -0.494 e. The zero-order valence-electron chi connectivity index (χ0n) is 17.9. The van der Waals surface area contributed by atoms with Gasteiger partial charge in [-0.1, -0.05) is 25.3 Å². The van der Waals surface area contributed by atoms with E-state index in [4.69, 9.17) is 4.74 Å². The lowest BCUT2D eigenvalue weighted by Gasteiger charge is -2.30. The van der Waals surface area contributed by atoms with Crippen molar-refractivity contribution in [1.29, 1.82) is 0 Å². The highest BCUT2D eigenvalue weighted by Gasteiger charge is 2.28. The lowest BCUT2D eigenvalue weighted by molar-refractivity contribution is -0.116. The number of carbonyl (C=O) groups is 1. The van der Waals surface area contributed by atoms with Gasteiger partial charge in [0.15, 0.2) is 11.6 Å². The molecule has 1 amide bonds. The molecule has 3 rings (SSSR count). The van der Waals surface area contributed by atoms with Gasteiger partial charge in [-0.05, 0) is 61.2 Å².